The Hall–Kier alpha value is -3.65. The van der Waals surface area contributed by atoms with Crippen molar-refractivity contribution in [2.75, 3.05) is 24.9 Å². The van der Waals surface area contributed by atoms with Gasteiger partial charge in [-0.1, -0.05) is 41.7 Å². The molecule has 2 N–H and O–H groups in total. The largest absolute Gasteiger partial charge is 0.497 e. The van der Waals surface area contributed by atoms with Crippen molar-refractivity contribution in [1.82, 2.24) is 10.2 Å². The van der Waals surface area contributed by atoms with Crippen molar-refractivity contribution in [2.45, 2.75) is 0 Å². The lowest BCUT2D eigenvalue weighted by molar-refractivity contribution is 0.262. The van der Waals surface area contributed by atoms with Crippen LogP contribution >= 0.6 is 11.3 Å². The van der Waals surface area contributed by atoms with Crippen LogP contribution in [0, 0.1) is 0 Å². The van der Waals surface area contributed by atoms with Crippen molar-refractivity contribution in [1.29, 1.82) is 0 Å². The van der Waals surface area contributed by atoms with Crippen LogP contribution in [-0.4, -0.2) is 30.4 Å². The van der Waals surface area contributed by atoms with Crippen LogP contribution in [0.1, 0.15) is 0 Å². The lowest BCUT2D eigenvalue weighted by Gasteiger charge is -2.07. The number of amides is 2. The third-order valence-electron chi connectivity index (χ3n) is 4.29. The molecule has 0 atom stereocenters. The smallest absolute Gasteiger partial charge is 0.325 e. The third kappa shape index (κ3) is 4.12. The fraction of sp³-hybridized carbons (Fsp3) is 0.0952. The lowest BCUT2D eigenvalue weighted by atomic mass is 10.1. The van der Waals surface area contributed by atoms with E-state index in [0.717, 1.165) is 16.3 Å². The number of hydrogen-bond donors (Lipinski definition) is 2. The second-order valence-electron chi connectivity index (χ2n) is 6.12. The van der Waals surface area contributed by atoms with Crippen LogP contribution in [0.3, 0.4) is 0 Å². The number of benzene rings is 3. The van der Waals surface area contributed by atoms with Gasteiger partial charge < -0.3 is 14.8 Å². The summed E-state index contributed by atoms with van der Waals surface area (Å²) < 4.78 is 10.7. The summed E-state index contributed by atoms with van der Waals surface area (Å²) in [7, 11) is 3.18. The van der Waals surface area contributed by atoms with Gasteiger partial charge in [-0.2, -0.15) is 0 Å². The van der Waals surface area contributed by atoms with Gasteiger partial charge in [0.05, 0.1) is 19.8 Å². The van der Waals surface area contributed by atoms with Gasteiger partial charge in [-0.15, -0.1) is 10.2 Å². The molecule has 7 nitrogen and oxygen atoms in total. The highest BCUT2D eigenvalue weighted by Gasteiger charge is 2.14. The van der Waals surface area contributed by atoms with E-state index in [1.807, 2.05) is 48.5 Å². The summed E-state index contributed by atoms with van der Waals surface area (Å²) in [4.78, 5) is 12.4. The normalized spacial score (nSPS) is 10.6. The summed E-state index contributed by atoms with van der Waals surface area (Å²) in [6.07, 6.45) is 0. The molecule has 146 valence electrons. The van der Waals surface area contributed by atoms with Gasteiger partial charge in [-0.25, -0.2) is 4.79 Å². The Kier molecular flexibility index (Phi) is 5.26. The number of methoxy groups -OCH3 is 2. The second-order valence-corrected chi connectivity index (χ2v) is 7.10. The number of carbonyl (C=O) groups is 1. The Morgan fingerprint density at radius 1 is 0.897 bits per heavy atom. The van der Waals surface area contributed by atoms with E-state index in [1.54, 1.807) is 26.4 Å². The van der Waals surface area contributed by atoms with Gasteiger partial charge >= 0.3 is 6.03 Å². The van der Waals surface area contributed by atoms with Gasteiger partial charge in [0.25, 0.3) is 0 Å². The molecule has 0 spiro atoms. The van der Waals surface area contributed by atoms with Crippen LogP contribution in [0.25, 0.3) is 21.3 Å². The molecule has 1 aromatic heterocycles. The SMILES string of the molecule is COc1ccc(OC)c(-c2nnc(NC(=O)Nc3ccc4ccccc4c3)s2)c1. The Labute approximate surface area is 171 Å². The molecule has 0 aliphatic rings. The monoisotopic (exact) mass is 406 g/mol. The van der Waals surface area contributed by atoms with Gasteiger partial charge in [-0.3, -0.25) is 5.32 Å². The summed E-state index contributed by atoms with van der Waals surface area (Å²) >= 11 is 1.25. The molecule has 2 amide bonds. The zero-order chi connectivity index (χ0) is 20.2. The minimum Gasteiger partial charge on any atom is -0.497 e. The molecular formula is C21H18N4O3S. The number of ether oxygens (including phenoxy) is 2. The predicted molar refractivity (Wildman–Crippen MR) is 115 cm³/mol. The van der Waals surface area contributed by atoms with E-state index in [9.17, 15) is 4.79 Å². The summed E-state index contributed by atoms with van der Waals surface area (Å²) in [6.45, 7) is 0. The number of nitrogens with zero attached hydrogens (tertiary/aromatic N) is 2. The highest BCUT2D eigenvalue weighted by atomic mass is 32.1. The number of fused-ring (bicyclic) bond motifs is 1. The first-order valence-electron chi connectivity index (χ1n) is 8.79. The maximum Gasteiger partial charge on any atom is 0.325 e. The summed E-state index contributed by atoms with van der Waals surface area (Å²) in [5.74, 6) is 1.33. The molecule has 29 heavy (non-hydrogen) atoms. The van der Waals surface area contributed by atoms with E-state index in [4.69, 9.17) is 9.47 Å². The Balaban J connectivity index is 1.49. The Morgan fingerprint density at radius 3 is 2.52 bits per heavy atom. The Bertz CT molecular complexity index is 1180. The standard InChI is InChI=1S/C21H18N4O3S/c1-27-16-9-10-18(28-2)17(12-16)19-24-25-21(29-19)23-20(26)22-15-8-7-13-5-3-4-6-14(13)11-15/h3-12H,1-2H3,(H2,22,23,25,26). The molecule has 0 bridgehead atoms. The summed E-state index contributed by atoms with van der Waals surface area (Å²) in [6, 6.07) is 18.7. The minimum atomic E-state index is -0.388. The quantitative estimate of drug-likeness (QED) is 0.486. The van der Waals surface area contributed by atoms with E-state index >= 15 is 0 Å². The first-order chi connectivity index (χ1) is 14.2. The van der Waals surface area contributed by atoms with E-state index in [0.29, 0.717) is 27.3 Å². The zero-order valence-electron chi connectivity index (χ0n) is 15.8. The van der Waals surface area contributed by atoms with Crippen LogP contribution in [-0.2, 0) is 0 Å². The van der Waals surface area contributed by atoms with E-state index < -0.39 is 0 Å². The topological polar surface area (TPSA) is 85.4 Å². The molecule has 0 radical (unpaired) electrons. The van der Waals surface area contributed by atoms with E-state index in [-0.39, 0.29) is 6.03 Å². The molecule has 3 aromatic carbocycles. The number of carbonyl (C=O) groups excluding carboxylic acids is 1. The first kappa shape index (κ1) is 18.7. The third-order valence-corrected chi connectivity index (χ3v) is 5.16. The predicted octanol–water partition coefficient (Wildman–Crippen LogP) is 5.02. The minimum absolute atomic E-state index is 0.378. The summed E-state index contributed by atoms with van der Waals surface area (Å²) in [5.41, 5.74) is 1.44. The lowest BCUT2D eigenvalue weighted by Crippen LogP contribution is -2.19. The second kappa shape index (κ2) is 8.15. The maximum atomic E-state index is 12.4. The van der Waals surface area contributed by atoms with Crippen molar-refractivity contribution in [3.05, 3.63) is 60.7 Å². The number of urea groups is 1. The van der Waals surface area contributed by atoms with E-state index in [2.05, 4.69) is 20.8 Å². The van der Waals surface area contributed by atoms with Crippen molar-refractivity contribution in [3.8, 4) is 22.1 Å². The first-order valence-corrected chi connectivity index (χ1v) is 9.60. The molecule has 0 saturated heterocycles. The number of nitrogens with one attached hydrogen (secondary N) is 2. The molecule has 0 aliphatic carbocycles. The summed E-state index contributed by atoms with van der Waals surface area (Å²) in [5, 5.41) is 16.9. The number of aromatic nitrogens is 2. The molecule has 0 saturated carbocycles. The van der Waals surface area contributed by atoms with Crippen LogP contribution in [0.5, 0.6) is 11.5 Å². The van der Waals surface area contributed by atoms with Crippen LogP contribution in [0.4, 0.5) is 15.6 Å². The highest BCUT2D eigenvalue weighted by Crippen LogP contribution is 2.36. The van der Waals surface area contributed by atoms with Crippen molar-refractivity contribution < 1.29 is 14.3 Å². The number of hydrogen-bond acceptors (Lipinski definition) is 6. The van der Waals surface area contributed by atoms with Gasteiger partial charge in [-0.05, 0) is 41.1 Å². The molecule has 8 heteroatoms. The highest BCUT2D eigenvalue weighted by molar-refractivity contribution is 7.18. The van der Waals surface area contributed by atoms with Gasteiger partial charge in [0, 0.05) is 5.69 Å². The molecular weight excluding hydrogens is 388 g/mol. The fourth-order valence-corrected chi connectivity index (χ4v) is 3.65. The van der Waals surface area contributed by atoms with E-state index in [1.165, 1.54) is 11.3 Å². The molecule has 0 unspecified atom stereocenters. The fourth-order valence-electron chi connectivity index (χ4n) is 2.89. The molecule has 4 aromatic rings. The number of rotatable bonds is 5. The van der Waals surface area contributed by atoms with Gasteiger partial charge in [0.2, 0.25) is 5.13 Å². The van der Waals surface area contributed by atoms with Crippen LogP contribution in [0.15, 0.2) is 60.7 Å². The maximum absolute atomic E-state index is 12.4. The van der Waals surface area contributed by atoms with Crippen molar-refractivity contribution >= 4 is 39.0 Å². The number of anilines is 2. The van der Waals surface area contributed by atoms with Gasteiger partial charge in [0.1, 0.15) is 11.5 Å². The van der Waals surface area contributed by atoms with Crippen LogP contribution < -0.4 is 20.1 Å². The van der Waals surface area contributed by atoms with Gasteiger partial charge in [0.15, 0.2) is 5.01 Å². The molecule has 0 aliphatic heterocycles. The zero-order valence-corrected chi connectivity index (χ0v) is 16.6. The molecule has 4 rings (SSSR count). The van der Waals surface area contributed by atoms with Crippen molar-refractivity contribution in [3.63, 3.8) is 0 Å². The average molecular weight is 406 g/mol. The average Bonchev–Trinajstić information content (AvgIpc) is 3.21. The van der Waals surface area contributed by atoms with Crippen molar-refractivity contribution in [2.24, 2.45) is 0 Å². The Morgan fingerprint density at radius 2 is 1.72 bits per heavy atom. The van der Waals surface area contributed by atoms with Crippen LogP contribution in [0.2, 0.25) is 0 Å². The molecule has 1 heterocycles. The molecule has 0 fully saturated rings.